The number of carbonyl (C=O) groups excluding carboxylic acids is 2. The average Bonchev–Trinajstić information content (AvgIpc) is 2.68. The molecule has 0 radical (unpaired) electrons. The molecule has 0 aliphatic carbocycles. The summed E-state index contributed by atoms with van der Waals surface area (Å²) in [5.41, 5.74) is 3.02. The van der Waals surface area contributed by atoms with Crippen LogP contribution in [0.15, 0.2) is 48.5 Å². The Morgan fingerprint density at radius 3 is 2.14 bits per heavy atom. The molecule has 2 aromatic carbocycles. The summed E-state index contributed by atoms with van der Waals surface area (Å²) in [5.74, 6) is -0.217. The van der Waals surface area contributed by atoms with Crippen molar-refractivity contribution < 1.29 is 9.59 Å². The molecule has 4 nitrogen and oxygen atoms in total. The summed E-state index contributed by atoms with van der Waals surface area (Å²) in [7, 11) is 0. The van der Waals surface area contributed by atoms with E-state index in [1.165, 1.54) is 0 Å². The topological polar surface area (TPSA) is 49.4 Å². The van der Waals surface area contributed by atoms with Crippen molar-refractivity contribution in [1.29, 1.82) is 0 Å². The maximum atomic E-state index is 13.1. The molecule has 0 bridgehead atoms. The highest BCUT2D eigenvalue weighted by Crippen LogP contribution is 2.15. The molecular weight excluding hydrogens is 372 g/mol. The molecule has 0 spiro atoms. The van der Waals surface area contributed by atoms with Gasteiger partial charge >= 0.3 is 0 Å². The number of benzene rings is 2. The average molecular weight is 401 g/mol. The molecule has 28 heavy (non-hydrogen) atoms. The smallest absolute Gasteiger partial charge is 0.242 e. The number of nitrogens with one attached hydrogen (secondary N) is 1. The molecule has 2 unspecified atom stereocenters. The van der Waals surface area contributed by atoms with Gasteiger partial charge < -0.3 is 10.2 Å². The van der Waals surface area contributed by atoms with Gasteiger partial charge in [0.1, 0.15) is 6.04 Å². The van der Waals surface area contributed by atoms with Gasteiger partial charge in [0.15, 0.2) is 0 Å². The summed E-state index contributed by atoms with van der Waals surface area (Å²) >= 11 is 5.97. The second-order valence-corrected chi connectivity index (χ2v) is 7.74. The maximum Gasteiger partial charge on any atom is 0.242 e. The van der Waals surface area contributed by atoms with Crippen LogP contribution in [0.5, 0.6) is 0 Å². The fourth-order valence-electron chi connectivity index (χ4n) is 2.82. The van der Waals surface area contributed by atoms with Crippen molar-refractivity contribution in [1.82, 2.24) is 10.2 Å². The molecule has 150 valence electrons. The number of rotatable bonds is 8. The van der Waals surface area contributed by atoms with Gasteiger partial charge in [0.2, 0.25) is 11.8 Å². The number of carbonyl (C=O) groups is 2. The minimum absolute atomic E-state index is 0.0690. The van der Waals surface area contributed by atoms with E-state index in [0.717, 1.165) is 23.1 Å². The van der Waals surface area contributed by atoms with Crippen molar-refractivity contribution >= 4 is 23.4 Å². The molecular formula is C23H29ClN2O2. The van der Waals surface area contributed by atoms with Crippen molar-refractivity contribution in [2.45, 2.75) is 59.2 Å². The summed E-state index contributed by atoms with van der Waals surface area (Å²) in [6.07, 6.45) is 1.10. The van der Waals surface area contributed by atoms with Gasteiger partial charge in [-0.05, 0) is 50.5 Å². The van der Waals surface area contributed by atoms with E-state index in [-0.39, 0.29) is 24.3 Å². The van der Waals surface area contributed by atoms with Crippen LogP contribution < -0.4 is 5.32 Å². The van der Waals surface area contributed by atoms with Gasteiger partial charge in [-0.1, -0.05) is 60.5 Å². The first-order chi connectivity index (χ1) is 13.3. The molecule has 2 aromatic rings. The standard InChI is InChI=1S/C23H29ClN2O2/c1-5-17(3)25-23(28)18(4)26(15-20-10-12-21(24)13-11-20)22(27)14-19-8-6-16(2)7-9-19/h6-13,17-18H,5,14-15H2,1-4H3,(H,25,28). The largest absolute Gasteiger partial charge is 0.352 e. The molecule has 0 fully saturated rings. The van der Waals surface area contributed by atoms with Gasteiger partial charge in [-0.2, -0.15) is 0 Å². The van der Waals surface area contributed by atoms with E-state index in [1.807, 2.05) is 57.2 Å². The predicted molar refractivity (Wildman–Crippen MR) is 114 cm³/mol. The fraction of sp³-hybridized carbons (Fsp3) is 0.391. The van der Waals surface area contributed by atoms with Crippen molar-refractivity contribution in [3.05, 3.63) is 70.2 Å². The lowest BCUT2D eigenvalue weighted by Gasteiger charge is -2.30. The van der Waals surface area contributed by atoms with Crippen LogP contribution in [-0.4, -0.2) is 28.8 Å². The second kappa shape index (κ2) is 10.3. The maximum absolute atomic E-state index is 13.1. The molecule has 0 saturated carbocycles. The molecule has 0 saturated heterocycles. The van der Waals surface area contributed by atoms with E-state index in [0.29, 0.717) is 11.6 Å². The zero-order valence-corrected chi connectivity index (χ0v) is 17.8. The molecule has 2 atom stereocenters. The van der Waals surface area contributed by atoms with E-state index >= 15 is 0 Å². The first-order valence-corrected chi connectivity index (χ1v) is 10.1. The third-order valence-electron chi connectivity index (χ3n) is 4.91. The van der Waals surface area contributed by atoms with Crippen molar-refractivity contribution in [2.24, 2.45) is 0 Å². The lowest BCUT2D eigenvalue weighted by Crippen LogP contribution is -2.49. The molecule has 0 heterocycles. The first kappa shape index (κ1) is 22.0. The highest BCUT2D eigenvalue weighted by Gasteiger charge is 2.26. The quantitative estimate of drug-likeness (QED) is 0.708. The van der Waals surface area contributed by atoms with E-state index < -0.39 is 6.04 Å². The number of amides is 2. The molecule has 0 aliphatic heterocycles. The van der Waals surface area contributed by atoms with Crippen molar-refractivity contribution in [2.75, 3.05) is 0 Å². The van der Waals surface area contributed by atoms with Gasteiger partial charge in [0.25, 0.3) is 0 Å². The number of aryl methyl sites for hydroxylation is 1. The SMILES string of the molecule is CCC(C)NC(=O)C(C)N(Cc1ccc(Cl)cc1)C(=O)Cc1ccc(C)cc1. The van der Waals surface area contributed by atoms with Gasteiger partial charge in [-0.25, -0.2) is 0 Å². The lowest BCUT2D eigenvalue weighted by molar-refractivity contribution is -0.140. The number of hydrogen-bond donors (Lipinski definition) is 1. The van der Waals surface area contributed by atoms with Crippen molar-refractivity contribution in [3.8, 4) is 0 Å². The van der Waals surface area contributed by atoms with E-state index in [1.54, 1.807) is 24.0 Å². The Balaban J connectivity index is 2.20. The summed E-state index contributed by atoms with van der Waals surface area (Å²) in [4.78, 5) is 27.4. The van der Waals surface area contributed by atoms with E-state index in [9.17, 15) is 9.59 Å². The Kier molecular flexibility index (Phi) is 8.06. The summed E-state index contributed by atoms with van der Waals surface area (Å²) < 4.78 is 0. The minimum Gasteiger partial charge on any atom is -0.352 e. The zero-order valence-electron chi connectivity index (χ0n) is 17.0. The number of nitrogens with zero attached hydrogens (tertiary/aromatic N) is 1. The fourth-order valence-corrected chi connectivity index (χ4v) is 2.94. The van der Waals surface area contributed by atoms with Gasteiger partial charge in [-0.3, -0.25) is 9.59 Å². The molecule has 1 N–H and O–H groups in total. The van der Waals surface area contributed by atoms with Crippen LogP contribution in [0.2, 0.25) is 5.02 Å². The molecule has 2 rings (SSSR count). The predicted octanol–water partition coefficient (Wildman–Crippen LogP) is 4.52. The summed E-state index contributed by atoms with van der Waals surface area (Å²) in [6, 6.07) is 14.8. The highest BCUT2D eigenvalue weighted by atomic mass is 35.5. The zero-order chi connectivity index (χ0) is 20.7. The second-order valence-electron chi connectivity index (χ2n) is 7.30. The van der Waals surface area contributed by atoms with Crippen LogP contribution in [0.4, 0.5) is 0 Å². The Labute approximate surface area is 172 Å². The molecule has 0 aliphatic rings. The molecule has 2 amide bonds. The highest BCUT2D eigenvalue weighted by molar-refractivity contribution is 6.30. The van der Waals surface area contributed by atoms with Crippen LogP contribution in [0, 0.1) is 6.92 Å². The van der Waals surface area contributed by atoms with Crippen LogP contribution in [0.1, 0.15) is 43.9 Å². The van der Waals surface area contributed by atoms with Gasteiger partial charge in [-0.15, -0.1) is 0 Å². The van der Waals surface area contributed by atoms with Gasteiger partial charge in [0, 0.05) is 17.6 Å². The normalized spacial score (nSPS) is 12.9. The van der Waals surface area contributed by atoms with Crippen LogP contribution >= 0.6 is 11.6 Å². The third-order valence-corrected chi connectivity index (χ3v) is 5.16. The van der Waals surface area contributed by atoms with E-state index in [2.05, 4.69) is 5.32 Å². The summed E-state index contributed by atoms with van der Waals surface area (Å²) in [5, 5.41) is 3.62. The number of hydrogen-bond acceptors (Lipinski definition) is 2. The van der Waals surface area contributed by atoms with Crippen molar-refractivity contribution in [3.63, 3.8) is 0 Å². The Bertz CT molecular complexity index is 787. The number of halogens is 1. The van der Waals surface area contributed by atoms with Crippen LogP contribution in [0.25, 0.3) is 0 Å². The third kappa shape index (κ3) is 6.38. The molecule has 0 aromatic heterocycles. The summed E-state index contributed by atoms with van der Waals surface area (Å²) in [6.45, 7) is 8.13. The monoisotopic (exact) mass is 400 g/mol. The van der Waals surface area contributed by atoms with E-state index in [4.69, 9.17) is 11.6 Å². The Morgan fingerprint density at radius 1 is 1.00 bits per heavy atom. The first-order valence-electron chi connectivity index (χ1n) is 9.70. The minimum atomic E-state index is -0.567. The Morgan fingerprint density at radius 2 is 1.57 bits per heavy atom. The Hall–Kier alpha value is -2.33. The lowest BCUT2D eigenvalue weighted by atomic mass is 10.1. The van der Waals surface area contributed by atoms with Crippen LogP contribution in [-0.2, 0) is 22.6 Å². The molecule has 5 heteroatoms. The van der Waals surface area contributed by atoms with Crippen LogP contribution in [0.3, 0.4) is 0 Å². The van der Waals surface area contributed by atoms with Gasteiger partial charge in [0.05, 0.1) is 6.42 Å².